The highest BCUT2D eigenvalue weighted by atomic mass is 79.9. The van der Waals surface area contributed by atoms with E-state index in [-0.39, 0.29) is 10.7 Å². The van der Waals surface area contributed by atoms with Gasteiger partial charge in [0.05, 0.1) is 4.83 Å². The number of hydrogen-bond acceptors (Lipinski definition) is 1. The van der Waals surface area contributed by atoms with Crippen molar-refractivity contribution in [2.75, 3.05) is 5.32 Å². The number of fused-ring (bicyclic) bond motifs is 1. The first kappa shape index (κ1) is 11.6. The molecule has 1 N–H and O–H groups in total. The van der Waals surface area contributed by atoms with Crippen LogP contribution in [-0.2, 0) is 17.6 Å². The number of amides is 1. The van der Waals surface area contributed by atoms with Gasteiger partial charge in [0.15, 0.2) is 0 Å². The number of hydrogen-bond donors (Lipinski definition) is 1. The molecule has 0 saturated heterocycles. The van der Waals surface area contributed by atoms with E-state index >= 15 is 0 Å². The molecular weight excluding hydrogens is 266 g/mol. The number of halogens is 1. The van der Waals surface area contributed by atoms with Crippen molar-refractivity contribution in [1.82, 2.24) is 0 Å². The Morgan fingerprint density at radius 3 is 2.94 bits per heavy atom. The van der Waals surface area contributed by atoms with Crippen LogP contribution in [0.2, 0.25) is 0 Å². The first-order valence-electron chi connectivity index (χ1n) is 5.77. The maximum atomic E-state index is 11.7. The van der Waals surface area contributed by atoms with Crippen molar-refractivity contribution in [2.24, 2.45) is 0 Å². The molecule has 1 amide bonds. The quantitative estimate of drug-likeness (QED) is 0.847. The second kappa shape index (κ2) is 5.00. The number of carbonyl (C=O) groups is 1. The Hall–Kier alpha value is -0.830. The van der Waals surface area contributed by atoms with Crippen molar-refractivity contribution < 1.29 is 4.79 Å². The van der Waals surface area contributed by atoms with E-state index in [9.17, 15) is 4.79 Å². The van der Waals surface area contributed by atoms with Crippen LogP contribution in [-0.4, -0.2) is 10.7 Å². The van der Waals surface area contributed by atoms with Gasteiger partial charge in [-0.3, -0.25) is 4.79 Å². The molecule has 16 heavy (non-hydrogen) atoms. The monoisotopic (exact) mass is 281 g/mol. The SMILES string of the molecule is CCC(Br)C(=O)Nc1ccc2c(c1)CCC2. The van der Waals surface area contributed by atoms with Gasteiger partial charge in [0.2, 0.25) is 5.91 Å². The summed E-state index contributed by atoms with van der Waals surface area (Å²) < 4.78 is 0. The van der Waals surface area contributed by atoms with Crippen LogP contribution in [0, 0.1) is 0 Å². The Kier molecular flexibility index (Phi) is 3.64. The summed E-state index contributed by atoms with van der Waals surface area (Å²) in [4.78, 5) is 11.6. The number of benzene rings is 1. The smallest absolute Gasteiger partial charge is 0.238 e. The van der Waals surface area contributed by atoms with E-state index in [1.165, 1.54) is 24.0 Å². The van der Waals surface area contributed by atoms with E-state index in [0.717, 1.165) is 18.5 Å². The van der Waals surface area contributed by atoms with Crippen LogP contribution in [0.3, 0.4) is 0 Å². The van der Waals surface area contributed by atoms with Gasteiger partial charge in [0.25, 0.3) is 0 Å². The Labute approximate surface area is 105 Å². The minimum Gasteiger partial charge on any atom is -0.325 e. The van der Waals surface area contributed by atoms with Crippen LogP contribution < -0.4 is 5.32 Å². The van der Waals surface area contributed by atoms with E-state index in [2.05, 4.69) is 33.4 Å². The molecule has 0 fully saturated rings. The molecule has 1 aromatic carbocycles. The Morgan fingerprint density at radius 2 is 2.19 bits per heavy atom. The summed E-state index contributed by atoms with van der Waals surface area (Å²) in [5.41, 5.74) is 3.74. The molecule has 0 aromatic heterocycles. The normalized spacial score (nSPS) is 15.6. The standard InChI is InChI=1S/C13H16BrNO/c1-2-12(14)13(16)15-11-7-6-9-4-3-5-10(9)8-11/h6-8,12H,2-5H2,1H3,(H,15,16). The van der Waals surface area contributed by atoms with E-state index in [0.29, 0.717) is 0 Å². The number of alkyl halides is 1. The van der Waals surface area contributed by atoms with Gasteiger partial charge >= 0.3 is 0 Å². The van der Waals surface area contributed by atoms with E-state index in [1.54, 1.807) is 0 Å². The molecule has 1 atom stereocenters. The van der Waals surface area contributed by atoms with E-state index < -0.39 is 0 Å². The lowest BCUT2D eigenvalue weighted by Gasteiger charge is -2.10. The van der Waals surface area contributed by atoms with Crippen LogP contribution in [0.15, 0.2) is 18.2 Å². The zero-order valence-corrected chi connectivity index (χ0v) is 11.0. The van der Waals surface area contributed by atoms with Crippen LogP contribution in [0.5, 0.6) is 0 Å². The summed E-state index contributed by atoms with van der Waals surface area (Å²) >= 11 is 3.35. The molecule has 1 aromatic rings. The Bertz CT molecular complexity index is 403. The van der Waals surface area contributed by atoms with Gasteiger partial charge in [-0.2, -0.15) is 0 Å². The van der Waals surface area contributed by atoms with E-state index in [4.69, 9.17) is 0 Å². The first-order valence-corrected chi connectivity index (χ1v) is 6.69. The number of nitrogens with one attached hydrogen (secondary N) is 1. The van der Waals surface area contributed by atoms with Crippen LogP contribution >= 0.6 is 15.9 Å². The second-order valence-electron chi connectivity index (χ2n) is 4.20. The summed E-state index contributed by atoms with van der Waals surface area (Å²) in [5.74, 6) is 0.0421. The summed E-state index contributed by atoms with van der Waals surface area (Å²) in [7, 11) is 0. The van der Waals surface area contributed by atoms with Gasteiger partial charge in [-0.05, 0) is 48.9 Å². The molecule has 0 saturated carbocycles. The highest BCUT2D eigenvalue weighted by Gasteiger charge is 2.14. The van der Waals surface area contributed by atoms with Crippen LogP contribution in [0.1, 0.15) is 30.9 Å². The molecule has 3 heteroatoms. The molecule has 0 spiro atoms. The lowest BCUT2D eigenvalue weighted by molar-refractivity contribution is -0.115. The Morgan fingerprint density at radius 1 is 1.44 bits per heavy atom. The van der Waals surface area contributed by atoms with Gasteiger partial charge in [0.1, 0.15) is 0 Å². The molecule has 1 aliphatic rings. The molecule has 0 heterocycles. The summed E-state index contributed by atoms with van der Waals surface area (Å²) in [5, 5.41) is 2.94. The summed E-state index contributed by atoms with van der Waals surface area (Å²) in [6, 6.07) is 6.24. The van der Waals surface area contributed by atoms with Crippen molar-refractivity contribution in [3.63, 3.8) is 0 Å². The molecule has 86 valence electrons. The molecule has 0 aliphatic heterocycles. The molecule has 0 bridgehead atoms. The summed E-state index contributed by atoms with van der Waals surface area (Å²) in [6.45, 7) is 1.99. The topological polar surface area (TPSA) is 29.1 Å². The number of rotatable bonds is 3. The van der Waals surface area contributed by atoms with Crippen molar-refractivity contribution >= 4 is 27.5 Å². The van der Waals surface area contributed by atoms with Gasteiger partial charge in [-0.25, -0.2) is 0 Å². The van der Waals surface area contributed by atoms with Crippen molar-refractivity contribution in [3.05, 3.63) is 29.3 Å². The van der Waals surface area contributed by atoms with Gasteiger partial charge in [-0.1, -0.05) is 28.9 Å². The number of carbonyl (C=O) groups excluding carboxylic acids is 1. The van der Waals surface area contributed by atoms with Crippen molar-refractivity contribution in [3.8, 4) is 0 Å². The van der Waals surface area contributed by atoms with Gasteiger partial charge < -0.3 is 5.32 Å². The molecule has 1 unspecified atom stereocenters. The first-order chi connectivity index (χ1) is 7.70. The van der Waals surface area contributed by atoms with Gasteiger partial charge in [0, 0.05) is 5.69 Å². The zero-order valence-electron chi connectivity index (χ0n) is 9.42. The predicted molar refractivity (Wildman–Crippen MR) is 70.1 cm³/mol. The fourth-order valence-electron chi connectivity index (χ4n) is 2.06. The fourth-order valence-corrected chi connectivity index (χ4v) is 2.17. The third kappa shape index (κ3) is 2.46. The lowest BCUT2D eigenvalue weighted by atomic mass is 10.1. The lowest BCUT2D eigenvalue weighted by Crippen LogP contribution is -2.22. The zero-order chi connectivity index (χ0) is 11.5. The molecule has 2 nitrogen and oxygen atoms in total. The van der Waals surface area contributed by atoms with Crippen LogP contribution in [0.4, 0.5) is 5.69 Å². The van der Waals surface area contributed by atoms with Crippen molar-refractivity contribution in [2.45, 2.75) is 37.4 Å². The highest BCUT2D eigenvalue weighted by molar-refractivity contribution is 9.10. The Balaban J connectivity index is 2.08. The molecule has 0 radical (unpaired) electrons. The van der Waals surface area contributed by atoms with Crippen LogP contribution in [0.25, 0.3) is 0 Å². The maximum absolute atomic E-state index is 11.7. The fraction of sp³-hybridized carbons (Fsp3) is 0.462. The number of anilines is 1. The minimum atomic E-state index is -0.0965. The largest absolute Gasteiger partial charge is 0.325 e. The predicted octanol–water partition coefficient (Wildman–Crippen LogP) is 3.29. The average molecular weight is 282 g/mol. The minimum absolute atomic E-state index is 0.0421. The third-order valence-electron chi connectivity index (χ3n) is 3.01. The van der Waals surface area contributed by atoms with Gasteiger partial charge in [-0.15, -0.1) is 0 Å². The number of aryl methyl sites for hydroxylation is 2. The molecule has 2 rings (SSSR count). The molecule has 1 aliphatic carbocycles. The molecular formula is C13H16BrNO. The highest BCUT2D eigenvalue weighted by Crippen LogP contribution is 2.25. The van der Waals surface area contributed by atoms with E-state index in [1.807, 2.05) is 13.0 Å². The maximum Gasteiger partial charge on any atom is 0.238 e. The third-order valence-corrected chi connectivity index (χ3v) is 4.07. The average Bonchev–Trinajstić information content (AvgIpc) is 2.75. The summed E-state index contributed by atoms with van der Waals surface area (Å²) in [6.07, 6.45) is 4.36. The van der Waals surface area contributed by atoms with Crippen molar-refractivity contribution in [1.29, 1.82) is 0 Å². The second-order valence-corrected chi connectivity index (χ2v) is 5.31.